The molecular weight excluding hydrogens is 539 g/mol. The van der Waals surface area contributed by atoms with Gasteiger partial charge in [0.05, 0.1) is 17.4 Å². The molecule has 0 amide bonds. The Morgan fingerprint density at radius 1 is 0.952 bits per heavy atom. The fourth-order valence-corrected chi connectivity index (χ4v) is 5.01. The predicted molar refractivity (Wildman–Crippen MR) is 162 cm³/mol. The number of likely N-dealkylation sites (N-methyl/N-ethyl adjacent to an activating group) is 1. The van der Waals surface area contributed by atoms with Crippen LogP contribution in [0.2, 0.25) is 0 Å². The topological polar surface area (TPSA) is 51.7 Å². The first-order valence-corrected chi connectivity index (χ1v) is 14.2. The van der Waals surface area contributed by atoms with E-state index < -0.39 is 11.7 Å². The molecule has 0 aliphatic carbocycles. The molecule has 0 unspecified atom stereocenters. The molecule has 1 N–H and O–H groups in total. The predicted octanol–water partition coefficient (Wildman–Crippen LogP) is 5.70. The summed E-state index contributed by atoms with van der Waals surface area (Å²) in [4.78, 5) is 21.8. The van der Waals surface area contributed by atoms with Crippen LogP contribution < -0.4 is 10.2 Å². The zero-order valence-electron chi connectivity index (χ0n) is 24.5. The van der Waals surface area contributed by atoms with E-state index in [2.05, 4.69) is 42.9 Å². The molecule has 2 aliphatic heterocycles. The molecule has 6 nitrogen and oxygen atoms in total. The maximum absolute atomic E-state index is 13.1. The van der Waals surface area contributed by atoms with Gasteiger partial charge in [-0.15, -0.1) is 0 Å². The molecule has 0 radical (unpaired) electrons. The third-order valence-electron chi connectivity index (χ3n) is 7.63. The van der Waals surface area contributed by atoms with Crippen LogP contribution in [0.5, 0.6) is 0 Å². The molecule has 0 bridgehead atoms. The maximum atomic E-state index is 13.1. The highest BCUT2D eigenvalue weighted by Crippen LogP contribution is 2.34. The van der Waals surface area contributed by atoms with E-state index in [0.29, 0.717) is 23.4 Å². The summed E-state index contributed by atoms with van der Waals surface area (Å²) in [7, 11) is 3.65. The van der Waals surface area contributed by atoms with Crippen molar-refractivity contribution < 1.29 is 18.0 Å². The van der Waals surface area contributed by atoms with Gasteiger partial charge in [0.25, 0.3) is 0 Å². The van der Waals surface area contributed by atoms with Gasteiger partial charge >= 0.3 is 6.18 Å². The Labute approximate surface area is 246 Å². The minimum Gasteiger partial charge on any atom is -0.388 e. The minimum atomic E-state index is -4.31. The fourth-order valence-electron chi connectivity index (χ4n) is 5.01. The summed E-state index contributed by atoms with van der Waals surface area (Å²) in [6, 6.07) is 12.1. The van der Waals surface area contributed by atoms with Gasteiger partial charge in [0, 0.05) is 81.4 Å². The highest BCUT2D eigenvalue weighted by atomic mass is 19.4. The number of anilines is 2. The number of alkyl halides is 3. The van der Waals surface area contributed by atoms with Crippen molar-refractivity contribution in [3.8, 4) is 11.8 Å². The Kier molecular flexibility index (Phi) is 10.6. The second kappa shape index (κ2) is 14.3. The molecule has 2 aromatic carbocycles. The molecule has 5 rings (SSSR count). The van der Waals surface area contributed by atoms with Gasteiger partial charge < -0.3 is 15.1 Å². The van der Waals surface area contributed by atoms with E-state index in [1.807, 2.05) is 38.4 Å². The van der Waals surface area contributed by atoms with Gasteiger partial charge in [0.15, 0.2) is 0 Å². The lowest BCUT2D eigenvalue weighted by atomic mass is 10.0. The Hall–Kier alpha value is -3.87. The van der Waals surface area contributed by atoms with E-state index in [1.165, 1.54) is 18.9 Å². The third-order valence-corrected chi connectivity index (χ3v) is 7.63. The highest BCUT2D eigenvalue weighted by Gasteiger charge is 2.34. The van der Waals surface area contributed by atoms with Crippen molar-refractivity contribution in [2.24, 2.45) is 0 Å². The number of nitrogens with zero attached hydrogens (tertiary/aromatic N) is 4. The average molecular weight is 578 g/mol. The third kappa shape index (κ3) is 8.57. The average Bonchev–Trinajstić information content (AvgIpc) is 3.53. The molecule has 3 heterocycles. The first-order valence-electron chi connectivity index (χ1n) is 14.2. The van der Waals surface area contributed by atoms with E-state index in [-0.39, 0.29) is 0 Å². The summed E-state index contributed by atoms with van der Waals surface area (Å²) in [5, 5.41) is 2.76. The number of aromatic nitrogens is 1. The smallest absolute Gasteiger partial charge is 0.388 e. The summed E-state index contributed by atoms with van der Waals surface area (Å²) in [5.74, 6) is 6.32. The summed E-state index contributed by atoms with van der Waals surface area (Å²) in [5.41, 5.74) is 4.95. The molecular formula is C33H38F3N5O. The van der Waals surface area contributed by atoms with Crippen molar-refractivity contribution in [1.29, 1.82) is 0 Å². The van der Waals surface area contributed by atoms with Crippen molar-refractivity contribution in [3.63, 3.8) is 0 Å². The van der Waals surface area contributed by atoms with Crippen LogP contribution in [-0.2, 0) is 12.7 Å². The van der Waals surface area contributed by atoms with Crippen LogP contribution in [0, 0.1) is 18.8 Å². The highest BCUT2D eigenvalue weighted by molar-refractivity contribution is 5.76. The summed E-state index contributed by atoms with van der Waals surface area (Å²) in [6.45, 7) is 7.96. The van der Waals surface area contributed by atoms with Gasteiger partial charge in [-0.2, -0.15) is 13.2 Å². The van der Waals surface area contributed by atoms with Crippen LogP contribution in [0.15, 0.2) is 54.9 Å². The summed E-state index contributed by atoms with van der Waals surface area (Å²) in [6.07, 6.45) is 2.70. The van der Waals surface area contributed by atoms with Crippen molar-refractivity contribution in [2.45, 2.75) is 32.5 Å². The summed E-state index contributed by atoms with van der Waals surface area (Å²) >= 11 is 0. The number of carbonyl (C=O) groups is 1. The standard InChI is InChI=1S/C19H18N2O.C14H20F3N3/c1-15-4-5-17(14-22)10-18(15)7-6-16-11-19(13-20-12-16)21-8-2-3-9-21;1-18-12-4-3-11(13(9-12)14(15,16)17)10-20-7-5-19(2)6-8-20/h4-5,10-14H,2-3,8-9H2,1H3;3-4,9,18H,5-8,10H2,1-2H3. The maximum Gasteiger partial charge on any atom is 0.416 e. The van der Waals surface area contributed by atoms with E-state index in [4.69, 9.17) is 0 Å². The van der Waals surface area contributed by atoms with E-state index in [9.17, 15) is 18.0 Å². The van der Waals surface area contributed by atoms with Gasteiger partial charge in [-0.25, -0.2) is 0 Å². The van der Waals surface area contributed by atoms with Gasteiger partial charge in [0.2, 0.25) is 0 Å². The molecule has 0 saturated carbocycles. The Morgan fingerprint density at radius 2 is 1.69 bits per heavy atom. The molecule has 42 heavy (non-hydrogen) atoms. The van der Waals surface area contributed by atoms with Gasteiger partial charge in [-0.1, -0.05) is 30.0 Å². The lowest BCUT2D eigenvalue weighted by Gasteiger charge is -2.33. The van der Waals surface area contributed by atoms with Crippen LogP contribution in [0.3, 0.4) is 0 Å². The zero-order valence-corrected chi connectivity index (χ0v) is 24.5. The quantitative estimate of drug-likeness (QED) is 0.310. The van der Waals surface area contributed by atoms with Gasteiger partial charge in [-0.05, 0) is 62.2 Å². The monoisotopic (exact) mass is 577 g/mol. The second-order valence-electron chi connectivity index (χ2n) is 10.8. The molecule has 2 fully saturated rings. The molecule has 222 valence electrons. The number of hydrogen-bond acceptors (Lipinski definition) is 6. The normalized spacial score (nSPS) is 15.8. The molecule has 2 saturated heterocycles. The summed E-state index contributed by atoms with van der Waals surface area (Å²) < 4.78 is 39.4. The minimum absolute atomic E-state index is 0.348. The van der Waals surface area contributed by atoms with Crippen molar-refractivity contribution >= 4 is 17.7 Å². The van der Waals surface area contributed by atoms with Crippen LogP contribution in [0.1, 0.15) is 51.0 Å². The van der Waals surface area contributed by atoms with Crippen molar-refractivity contribution in [3.05, 3.63) is 88.2 Å². The van der Waals surface area contributed by atoms with Crippen LogP contribution in [0.25, 0.3) is 0 Å². The van der Waals surface area contributed by atoms with E-state index in [0.717, 1.165) is 67.9 Å². The first-order chi connectivity index (χ1) is 20.2. The Bertz CT molecular complexity index is 1420. The van der Waals surface area contributed by atoms with Crippen molar-refractivity contribution in [1.82, 2.24) is 14.8 Å². The Morgan fingerprint density at radius 3 is 2.36 bits per heavy atom. The molecule has 1 aromatic heterocycles. The SMILES string of the molecule is CNc1ccc(CN2CCN(C)CC2)c(C(F)(F)F)c1.Cc1ccc(C=O)cc1C#Cc1cncc(N2CCCC2)c1. The number of piperazine rings is 1. The van der Waals surface area contributed by atoms with Gasteiger partial charge in [-0.3, -0.25) is 14.7 Å². The fraction of sp³-hybridized carbons (Fsp3) is 0.394. The molecule has 2 aliphatic rings. The van der Waals surface area contributed by atoms with Crippen LogP contribution >= 0.6 is 0 Å². The molecule has 3 aromatic rings. The Balaban J connectivity index is 0.000000194. The number of halogens is 3. The van der Waals surface area contributed by atoms with Crippen LogP contribution in [-0.4, -0.2) is 74.4 Å². The number of pyridine rings is 1. The number of benzene rings is 2. The van der Waals surface area contributed by atoms with E-state index >= 15 is 0 Å². The second-order valence-corrected chi connectivity index (χ2v) is 10.8. The molecule has 9 heteroatoms. The number of nitrogens with one attached hydrogen (secondary N) is 1. The largest absolute Gasteiger partial charge is 0.416 e. The number of rotatable bonds is 5. The number of aldehydes is 1. The molecule has 0 atom stereocenters. The zero-order chi connectivity index (χ0) is 30.1. The van der Waals surface area contributed by atoms with E-state index in [1.54, 1.807) is 25.4 Å². The first kappa shape index (κ1) is 31.1. The molecule has 0 spiro atoms. The number of carbonyl (C=O) groups excluding carboxylic acids is 1. The lowest BCUT2D eigenvalue weighted by molar-refractivity contribution is -0.138. The number of aryl methyl sites for hydroxylation is 1. The van der Waals surface area contributed by atoms with Crippen LogP contribution in [0.4, 0.5) is 24.5 Å². The van der Waals surface area contributed by atoms with Gasteiger partial charge in [0.1, 0.15) is 6.29 Å². The lowest BCUT2D eigenvalue weighted by Crippen LogP contribution is -2.44. The van der Waals surface area contributed by atoms with Crippen molar-refractivity contribution in [2.75, 3.05) is 63.6 Å². The number of hydrogen-bond donors (Lipinski definition) is 1.